The van der Waals surface area contributed by atoms with Gasteiger partial charge in [-0.2, -0.15) is 4.98 Å². The Balaban J connectivity index is 2.20. The fourth-order valence-electron chi connectivity index (χ4n) is 2.39. The predicted molar refractivity (Wildman–Crippen MR) is 79.1 cm³/mol. The molecular formula is C15H13FN4O2. The number of nitrogens with two attached hydrogens (primary N) is 1. The van der Waals surface area contributed by atoms with E-state index in [4.69, 9.17) is 5.73 Å². The highest BCUT2D eigenvalue weighted by atomic mass is 19.1. The minimum atomic E-state index is -1.08. The van der Waals surface area contributed by atoms with Crippen molar-refractivity contribution in [2.75, 3.05) is 5.73 Å². The summed E-state index contributed by atoms with van der Waals surface area (Å²) in [7, 11) is 0. The topological polar surface area (TPSA) is 93.5 Å². The normalized spacial score (nSPS) is 11.0. The number of aromatic carboxylic acids is 1. The van der Waals surface area contributed by atoms with Crippen LogP contribution in [-0.4, -0.2) is 25.7 Å². The van der Waals surface area contributed by atoms with Gasteiger partial charge < -0.3 is 10.8 Å². The predicted octanol–water partition coefficient (Wildman–Crippen LogP) is 2.38. The van der Waals surface area contributed by atoms with Gasteiger partial charge in [0.25, 0.3) is 0 Å². The molecule has 2 heterocycles. The molecular weight excluding hydrogens is 287 g/mol. The van der Waals surface area contributed by atoms with E-state index in [9.17, 15) is 14.3 Å². The van der Waals surface area contributed by atoms with E-state index in [1.807, 2.05) is 0 Å². The summed E-state index contributed by atoms with van der Waals surface area (Å²) in [4.78, 5) is 15.3. The van der Waals surface area contributed by atoms with Gasteiger partial charge in [-0.3, -0.25) is 0 Å². The van der Waals surface area contributed by atoms with Crippen LogP contribution in [0.4, 0.5) is 10.3 Å². The number of nitrogen functional groups attached to an aromatic ring is 1. The number of halogens is 1. The molecule has 3 rings (SSSR count). The Morgan fingerprint density at radius 2 is 2.18 bits per heavy atom. The lowest BCUT2D eigenvalue weighted by atomic mass is 9.97. The van der Waals surface area contributed by atoms with E-state index in [-0.39, 0.29) is 17.1 Å². The molecule has 2 aromatic heterocycles. The second kappa shape index (κ2) is 5.10. The van der Waals surface area contributed by atoms with Crippen LogP contribution >= 0.6 is 0 Å². The van der Waals surface area contributed by atoms with E-state index in [0.29, 0.717) is 23.2 Å². The van der Waals surface area contributed by atoms with Crippen LogP contribution in [0.1, 0.15) is 22.8 Å². The molecule has 0 fully saturated rings. The first-order valence-corrected chi connectivity index (χ1v) is 6.67. The number of aromatic nitrogens is 3. The summed E-state index contributed by atoms with van der Waals surface area (Å²) in [5, 5.41) is 13.2. The van der Waals surface area contributed by atoms with Gasteiger partial charge in [0, 0.05) is 11.8 Å². The lowest BCUT2D eigenvalue weighted by Gasteiger charge is -2.09. The number of fused-ring (bicyclic) bond motifs is 1. The maximum absolute atomic E-state index is 14.3. The number of pyridine rings is 1. The van der Waals surface area contributed by atoms with Gasteiger partial charge in [-0.15, -0.1) is 5.10 Å². The summed E-state index contributed by atoms with van der Waals surface area (Å²) in [6.07, 6.45) is 2.04. The largest absolute Gasteiger partial charge is 0.478 e. The van der Waals surface area contributed by atoms with Crippen molar-refractivity contribution in [1.29, 1.82) is 0 Å². The standard InChI is InChI=1S/C15H13FN4O2/c1-2-8-5-12(16)10(7-11(8)14(21)22)9-3-4-20-13(6-9)18-15(17)19-20/h3-7H,2H2,1H3,(H2,17,19)(H,21,22). The van der Waals surface area contributed by atoms with Crippen molar-refractivity contribution in [1.82, 2.24) is 14.6 Å². The summed E-state index contributed by atoms with van der Waals surface area (Å²) in [6, 6.07) is 5.86. The number of carbonyl (C=O) groups is 1. The molecule has 0 aliphatic rings. The molecule has 1 aromatic carbocycles. The van der Waals surface area contributed by atoms with Crippen molar-refractivity contribution in [3.63, 3.8) is 0 Å². The molecule has 0 aliphatic carbocycles. The molecule has 0 spiro atoms. The zero-order chi connectivity index (χ0) is 15.9. The van der Waals surface area contributed by atoms with Gasteiger partial charge in [-0.25, -0.2) is 13.7 Å². The lowest BCUT2D eigenvalue weighted by Crippen LogP contribution is -2.04. The Morgan fingerprint density at radius 3 is 2.86 bits per heavy atom. The van der Waals surface area contributed by atoms with Gasteiger partial charge >= 0.3 is 5.97 Å². The summed E-state index contributed by atoms with van der Waals surface area (Å²) < 4.78 is 15.8. The highest BCUT2D eigenvalue weighted by Gasteiger charge is 2.16. The molecule has 0 unspecified atom stereocenters. The molecule has 7 heteroatoms. The van der Waals surface area contributed by atoms with Crippen LogP contribution in [0.15, 0.2) is 30.5 Å². The van der Waals surface area contributed by atoms with Gasteiger partial charge in [0.1, 0.15) is 5.82 Å². The number of carboxylic acids is 1. The van der Waals surface area contributed by atoms with Crippen molar-refractivity contribution in [3.8, 4) is 11.1 Å². The van der Waals surface area contributed by atoms with E-state index in [1.54, 1.807) is 25.3 Å². The van der Waals surface area contributed by atoms with Crippen LogP contribution in [0.25, 0.3) is 16.8 Å². The highest BCUT2D eigenvalue weighted by molar-refractivity contribution is 5.91. The van der Waals surface area contributed by atoms with Gasteiger partial charge in [-0.05, 0) is 41.8 Å². The molecule has 3 N–H and O–H groups in total. The number of rotatable bonds is 3. The number of aryl methyl sites for hydroxylation is 1. The molecule has 0 amide bonds. The zero-order valence-electron chi connectivity index (χ0n) is 11.7. The van der Waals surface area contributed by atoms with Crippen molar-refractivity contribution < 1.29 is 14.3 Å². The fourth-order valence-corrected chi connectivity index (χ4v) is 2.39. The van der Waals surface area contributed by atoms with E-state index >= 15 is 0 Å². The number of benzene rings is 1. The first kappa shape index (κ1) is 14.0. The number of anilines is 1. The summed E-state index contributed by atoms with van der Waals surface area (Å²) in [5.74, 6) is -1.44. The first-order chi connectivity index (χ1) is 10.5. The minimum Gasteiger partial charge on any atom is -0.478 e. The molecule has 0 atom stereocenters. The molecule has 22 heavy (non-hydrogen) atoms. The molecule has 112 valence electrons. The van der Waals surface area contributed by atoms with Crippen molar-refractivity contribution in [3.05, 3.63) is 47.4 Å². The third kappa shape index (κ3) is 2.26. The van der Waals surface area contributed by atoms with Crippen LogP contribution in [0.2, 0.25) is 0 Å². The van der Waals surface area contributed by atoms with Gasteiger partial charge in [0.05, 0.1) is 5.56 Å². The average Bonchev–Trinajstić information content (AvgIpc) is 2.85. The van der Waals surface area contributed by atoms with Crippen molar-refractivity contribution in [2.24, 2.45) is 0 Å². The Hall–Kier alpha value is -2.96. The smallest absolute Gasteiger partial charge is 0.335 e. The Kier molecular flexibility index (Phi) is 3.25. The van der Waals surface area contributed by atoms with Crippen LogP contribution in [0.5, 0.6) is 0 Å². The Bertz CT molecular complexity index is 889. The molecule has 0 bridgehead atoms. The molecule has 0 aliphatic heterocycles. The SMILES string of the molecule is CCc1cc(F)c(-c2ccn3nc(N)nc3c2)cc1C(=O)O. The molecule has 0 saturated heterocycles. The number of nitrogens with zero attached hydrogens (tertiary/aromatic N) is 3. The van der Waals surface area contributed by atoms with E-state index in [2.05, 4.69) is 10.1 Å². The van der Waals surface area contributed by atoms with Crippen LogP contribution < -0.4 is 5.73 Å². The monoisotopic (exact) mass is 300 g/mol. The second-order valence-electron chi connectivity index (χ2n) is 4.84. The van der Waals surface area contributed by atoms with E-state index < -0.39 is 11.8 Å². The lowest BCUT2D eigenvalue weighted by molar-refractivity contribution is 0.0695. The molecule has 6 nitrogen and oxygen atoms in total. The Labute approximate surface area is 125 Å². The van der Waals surface area contributed by atoms with E-state index in [0.717, 1.165) is 0 Å². The quantitative estimate of drug-likeness (QED) is 0.774. The first-order valence-electron chi connectivity index (χ1n) is 6.67. The van der Waals surface area contributed by atoms with E-state index in [1.165, 1.54) is 16.6 Å². The third-order valence-electron chi connectivity index (χ3n) is 3.47. The zero-order valence-corrected chi connectivity index (χ0v) is 11.7. The van der Waals surface area contributed by atoms with Crippen molar-refractivity contribution >= 4 is 17.6 Å². The molecule has 0 saturated carbocycles. The number of hydrogen-bond acceptors (Lipinski definition) is 4. The second-order valence-corrected chi connectivity index (χ2v) is 4.84. The van der Waals surface area contributed by atoms with Crippen LogP contribution in [0, 0.1) is 5.82 Å². The van der Waals surface area contributed by atoms with Crippen LogP contribution in [0.3, 0.4) is 0 Å². The third-order valence-corrected chi connectivity index (χ3v) is 3.47. The molecule has 0 radical (unpaired) electrons. The Morgan fingerprint density at radius 1 is 1.41 bits per heavy atom. The van der Waals surface area contributed by atoms with Gasteiger partial charge in [0.2, 0.25) is 5.95 Å². The van der Waals surface area contributed by atoms with Gasteiger partial charge in [0.15, 0.2) is 5.65 Å². The summed E-state index contributed by atoms with van der Waals surface area (Å²) in [6.45, 7) is 1.78. The number of hydrogen-bond donors (Lipinski definition) is 2. The maximum atomic E-state index is 14.3. The van der Waals surface area contributed by atoms with Crippen LogP contribution in [-0.2, 0) is 6.42 Å². The fraction of sp³-hybridized carbons (Fsp3) is 0.133. The van der Waals surface area contributed by atoms with Crippen molar-refractivity contribution in [2.45, 2.75) is 13.3 Å². The van der Waals surface area contributed by atoms with Gasteiger partial charge in [-0.1, -0.05) is 6.92 Å². The summed E-state index contributed by atoms with van der Waals surface area (Å²) >= 11 is 0. The highest BCUT2D eigenvalue weighted by Crippen LogP contribution is 2.27. The number of carboxylic acid groups (broad SMARTS) is 1. The average molecular weight is 300 g/mol. The molecule has 3 aromatic rings. The minimum absolute atomic E-state index is 0.0970. The maximum Gasteiger partial charge on any atom is 0.335 e. The summed E-state index contributed by atoms with van der Waals surface area (Å²) in [5.41, 5.74) is 7.26.